The maximum atomic E-state index is 13.6. The van der Waals surface area contributed by atoms with Crippen LogP contribution >= 0.6 is 34.8 Å². The molecule has 1 N–H and O–H groups in total. The molecular weight excluding hydrogens is 441 g/mol. The van der Waals surface area contributed by atoms with E-state index >= 15 is 0 Å². The van der Waals surface area contributed by atoms with Gasteiger partial charge in [0, 0.05) is 15.1 Å². The summed E-state index contributed by atoms with van der Waals surface area (Å²) < 4.78 is 4.75. The van der Waals surface area contributed by atoms with Crippen LogP contribution in [0.4, 0.5) is 5.69 Å². The van der Waals surface area contributed by atoms with Crippen LogP contribution in [-0.2, 0) is 24.7 Å². The first-order valence-electron chi connectivity index (χ1n) is 8.33. The van der Waals surface area contributed by atoms with Gasteiger partial charge in [-0.3, -0.25) is 15.0 Å². The number of rotatable bonds is 3. The molecule has 2 atom stereocenters. The van der Waals surface area contributed by atoms with Crippen molar-refractivity contribution >= 4 is 64.0 Å². The summed E-state index contributed by atoms with van der Waals surface area (Å²) in [7, 11) is 1.17. The molecule has 2 aromatic carbocycles. The lowest BCUT2D eigenvalue weighted by Gasteiger charge is -2.26. The van der Waals surface area contributed by atoms with Crippen LogP contribution in [0.15, 0.2) is 47.6 Å². The number of carbonyl (C=O) groups excluding carboxylic acids is 3. The first-order valence-corrected chi connectivity index (χ1v) is 9.46. The van der Waals surface area contributed by atoms with E-state index in [9.17, 15) is 14.4 Å². The van der Waals surface area contributed by atoms with Gasteiger partial charge in [-0.05, 0) is 35.9 Å². The van der Waals surface area contributed by atoms with Crippen molar-refractivity contribution in [3.8, 4) is 0 Å². The van der Waals surface area contributed by atoms with Crippen molar-refractivity contribution in [2.45, 2.75) is 5.54 Å². The quantitative estimate of drug-likeness (QED) is 0.571. The van der Waals surface area contributed by atoms with Gasteiger partial charge in [0.2, 0.25) is 5.91 Å². The van der Waals surface area contributed by atoms with E-state index in [1.165, 1.54) is 25.3 Å². The number of halogens is 3. The van der Waals surface area contributed by atoms with Crippen LogP contribution in [0.25, 0.3) is 0 Å². The van der Waals surface area contributed by atoms with E-state index in [0.717, 1.165) is 4.90 Å². The highest BCUT2D eigenvalue weighted by Gasteiger charge is 2.67. The third-order valence-electron chi connectivity index (χ3n) is 4.87. The molecule has 0 radical (unpaired) electrons. The lowest BCUT2D eigenvalue weighted by Crippen LogP contribution is -2.48. The molecule has 0 aromatic heterocycles. The van der Waals surface area contributed by atoms with Crippen molar-refractivity contribution in [2.24, 2.45) is 11.0 Å². The van der Waals surface area contributed by atoms with Crippen molar-refractivity contribution in [3.63, 3.8) is 0 Å². The number of carbonyl (C=O) groups is 3. The van der Waals surface area contributed by atoms with Crippen LogP contribution in [0.1, 0.15) is 5.56 Å². The fourth-order valence-electron chi connectivity index (χ4n) is 3.61. The Kier molecular flexibility index (Phi) is 4.77. The van der Waals surface area contributed by atoms with Gasteiger partial charge in [0.05, 0.1) is 12.8 Å². The molecule has 1 fully saturated rings. The van der Waals surface area contributed by atoms with Gasteiger partial charge in [-0.2, -0.15) is 5.10 Å². The Labute approximate surface area is 180 Å². The lowest BCUT2D eigenvalue weighted by atomic mass is 9.79. The molecule has 2 aromatic rings. The molecule has 2 aliphatic rings. The first-order chi connectivity index (χ1) is 13.8. The molecule has 2 amide bonds. The number of amides is 2. The molecule has 1 saturated heterocycles. The number of methoxy groups -OCH3 is 1. The lowest BCUT2D eigenvalue weighted by molar-refractivity contribution is -0.133. The van der Waals surface area contributed by atoms with Gasteiger partial charge in [0.15, 0.2) is 11.3 Å². The van der Waals surface area contributed by atoms with E-state index in [1.807, 2.05) is 0 Å². The maximum Gasteiger partial charge on any atom is 0.355 e. The SMILES string of the molecule is COC(=O)C1=NN[C@@]2(c3ccc(Cl)cc3)C(=O)N(c3cc(Cl)cc(Cl)c3)C(=O)[C@@H]12. The third-order valence-corrected chi connectivity index (χ3v) is 5.55. The molecule has 148 valence electrons. The molecule has 10 heteroatoms. The molecular formula is C19H12Cl3N3O4. The van der Waals surface area contributed by atoms with Crippen molar-refractivity contribution in [3.05, 3.63) is 63.1 Å². The predicted octanol–water partition coefficient (Wildman–Crippen LogP) is 3.16. The minimum Gasteiger partial charge on any atom is -0.464 e. The predicted molar refractivity (Wildman–Crippen MR) is 108 cm³/mol. The number of nitrogens with one attached hydrogen (secondary N) is 1. The topological polar surface area (TPSA) is 88.1 Å². The Hall–Kier alpha value is -2.61. The number of hydrogen-bond donors (Lipinski definition) is 1. The second-order valence-electron chi connectivity index (χ2n) is 6.45. The summed E-state index contributed by atoms with van der Waals surface area (Å²) in [5.41, 5.74) is 1.49. The summed E-state index contributed by atoms with van der Waals surface area (Å²) >= 11 is 18.1. The molecule has 29 heavy (non-hydrogen) atoms. The molecule has 0 aliphatic carbocycles. The van der Waals surface area contributed by atoms with E-state index in [4.69, 9.17) is 39.5 Å². The van der Waals surface area contributed by atoms with Crippen molar-refractivity contribution in [1.82, 2.24) is 5.43 Å². The highest BCUT2D eigenvalue weighted by Crippen LogP contribution is 2.45. The number of anilines is 1. The smallest absolute Gasteiger partial charge is 0.355 e. The summed E-state index contributed by atoms with van der Waals surface area (Å²) in [5.74, 6) is -3.33. The van der Waals surface area contributed by atoms with E-state index in [2.05, 4.69) is 10.5 Å². The zero-order valence-electron chi connectivity index (χ0n) is 14.8. The second-order valence-corrected chi connectivity index (χ2v) is 7.76. The number of imide groups is 1. The average molecular weight is 453 g/mol. The highest BCUT2D eigenvalue weighted by molar-refractivity contribution is 6.47. The maximum absolute atomic E-state index is 13.6. The van der Waals surface area contributed by atoms with Gasteiger partial charge in [0.1, 0.15) is 5.92 Å². The molecule has 2 heterocycles. The minimum absolute atomic E-state index is 0.186. The first kappa shape index (κ1) is 19.7. The molecule has 4 rings (SSSR count). The third kappa shape index (κ3) is 2.88. The van der Waals surface area contributed by atoms with Gasteiger partial charge >= 0.3 is 5.97 Å². The summed E-state index contributed by atoms with van der Waals surface area (Å²) in [4.78, 5) is 40.1. The van der Waals surface area contributed by atoms with Crippen LogP contribution in [-0.4, -0.2) is 30.6 Å². The van der Waals surface area contributed by atoms with Gasteiger partial charge < -0.3 is 4.74 Å². The number of hydrogen-bond acceptors (Lipinski definition) is 6. The number of ether oxygens (including phenoxy) is 1. The zero-order valence-corrected chi connectivity index (χ0v) is 17.0. The number of fused-ring (bicyclic) bond motifs is 1. The summed E-state index contributed by atoms with van der Waals surface area (Å²) in [6.45, 7) is 0. The van der Waals surface area contributed by atoms with E-state index < -0.39 is 29.2 Å². The van der Waals surface area contributed by atoms with Crippen LogP contribution in [0.2, 0.25) is 15.1 Å². The fourth-order valence-corrected chi connectivity index (χ4v) is 4.25. The Morgan fingerprint density at radius 2 is 1.69 bits per heavy atom. The highest BCUT2D eigenvalue weighted by atomic mass is 35.5. The van der Waals surface area contributed by atoms with Crippen LogP contribution < -0.4 is 10.3 Å². The Balaban J connectivity index is 1.91. The molecule has 0 unspecified atom stereocenters. The normalized spacial score (nSPS) is 23.0. The zero-order chi connectivity index (χ0) is 20.9. The monoisotopic (exact) mass is 451 g/mol. The van der Waals surface area contributed by atoms with Gasteiger partial charge in [-0.25, -0.2) is 9.69 Å². The number of hydrazone groups is 1. The summed E-state index contributed by atoms with van der Waals surface area (Å²) in [5, 5.41) is 4.91. The summed E-state index contributed by atoms with van der Waals surface area (Å²) in [6, 6.07) is 10.7. The van der Waals surface area contributed by atoms with Gasteiger partial charge in [-0.15, -0.1) is 0 Å². The van der Waals surface area contributed by atoms with Gasteiger partial charge in [0.25, 0.3) is 5.91 Å². The van der Waals surface area contributed by atoms with Crippen molar-refractivity contribution in [2.75, 3.05) is 12.0 Å². The molecule has 0 spiro atoms. The van der Waals surface area contributed by atoms with Crippen molar-refractivity contribution < 1.29 is 19.1 Å². The Morgan fingerprint density at radius 1 is 1.07 bits per heavy atom. The fraction of sp³-hybridized carbons (Fsp3) is 0.158. The number of nitrogens with zero attached hydrogens (tertiary/aromatic N) is 2. The Morgan fingerprint density at radius 3 is 2.28 bits per heavy atom. The average Bonchev–Trinajstić information content (AvgIpc) is 3.17. The molecule has 0 saturated carbocycles. The van der Waals surface area contributed by atoms with E-state index in [1.54, 1.807) is 24.3 Å². The largest absolute Gasteiger partial charge is 0.464 e. The van der Waals surface area contributed by atoms with Crippen molar-refractivity contribution in [1.29, 1.82) is 0 Å². The van der Waals surface area contributed by atoms with Crippen LogP contribution in [0, 0.1) is 5.92 Å². The molecule has 2 aliphatic heterocycles. The van der Waals surface area contributed by atoms with Crippen LogP contribution in [0.3, 0.4) is 0 Å². The number of esters is 1. The summed E-state index contributed by atoms with van der Waals surface area (Å²) in [6.07, 6.45) is 0. The van der Waals surface area contributed by atoms with E-state index in [0.29, 0.717) is 10.6 Å². The molecule has 0 bridgehead atoms. The Bertz CT molecular complexity index is 1070. The van der Waals surface area contributed by atoms with Gasteiger partial charge in [-0.1, -0.05) is 46.9 Å². The van der Waals surface area contributed by atoms with Crippen LogP contribution in [0.5, 0.6) is 0 Å². The van der Waals surface area contributed by atoms with E-state index in [-0.39, 0.29) is 21.4 Å². The number of benzene rings is 2. The molecule has 7 nitrogen and oxygen atoms in total. The minimum atomic E-state index is -1.63. The standard InChI is InChI=1S/C19H12Cl3N3O4/c1-29-17(27)15-14-16(26)25(13-7-11(21)6-12(22)8-13)18(28)19(14,24-23-15)9-2-4-10(20)5-3-9/h2-8,14,24H,1H3/t14-,19-/m1/s1. The second kappa shape index (κ2) is 7.02.